The van der Waals surface area contributed by atoms with Crippen molar-refractivity contribution in [2.75, 3.05) is 44.9 Å². The second kappa shape index (κ2) is 13.9. The van der Waals surface area contributed by atoms with E-state index >= 15 is 0 Å². The zero-order valence-corrected chi connectivity index (χ0v) is 21.7. The first kappa shape index (κ1) is 26.8. The van der Waals surface area contributed by atoms with Gasteiger partial charge in [0.2, 0.25) is 5.76 Å². The van der Waals surface area contributed by atoms with Crippen molar-refractivity contribution >= 4 is 29.2 Å². The first-order valence-corrected chi connectivity index (χ1v) is 12.5. The number of carbonyl (C=O) groups is 1. The molecule has 0 saturated heterocycles. The molecule has 1 heterocycles. The Balaban J connectivity index is 1.26. The van der Waals surface area contributed by atoms with Gasteiger partial charge in [0.05, 0.1) is 26.4 Å². The van der Waals surface area contributed by atoms with Crippen LogP contribution in [0.25, 0.3) is 17.2 Å². The van der Waals surface area contributed by atoms with Crippen molar-refractivity contribution in [1.82, 2.24) is 4.98 Å². The molecule has 0 N–H and O–H groups in total. The molecule has 4 rings (SSSR count). The van der Waals surface area contributed by atoms with E-state index in [2.05, 4.69) is 4.98 Å². The van der Waals surface area contributed by atoms with Crippen LogP contribution in [-0.4, -0.2) is 51.0 Å². The molecule has 0 saturated carbocycles. The molecule has 0 aliphatic carbocycles. The van der Waals surface area contributed by atoms with E-state index in [9.17, 15) is 4.79 Å². The number of rotatable bonds is 14. The Morgan fingerprint density at radius 1 is 0.921 bits per heavy atom. The average molecular weight is 517 g/mol. The Bertz CT molecular complexity index is 1280. The number of hydrogen-bond acceptors (Lipinski definition) is 8. The quantitative estimate of drug-likeness (QED) is 0.0943. The number of ether oxygens (including phenoxy) is 4. The fourth-order valence-corrected chi connectivity index (χ4v) is 3.57. The molecular formula is C30H32N2O6. The predicted molar refractivity (Wildman–Crippen MR) is 146 cm³/mol. The van der Waals surface area contributed by atoms with Gasteiger partial charge in [-0.05, 0) is 48.4 Å². The number of aromatic nitrogens is 1. The Morgan fingerprint density at radius 2 is 1.68 bits per heavy atom. The van der Waals surface area contributed by atoms with Crippen LogP contribution in [0.1, 0.15) is 18.1 Å². The van der Waals surface area contributed by atoms with Crippen LogP contribution >= 0.6 is 0 Å². The Kier molecular flexibility index (Phi) is 9.75. The van der Waals surface area contributed by atoms with Gasteiger partial charge in [0, 0.05) is 7.05 Å². The third kappa shape index (κ3) is 7.85. The molecule has 0 aliphatic rings. The SMILES string of the molecule is CCOC(=O)/C(=C/c1ccc(OCCN(C)c2nc3ccccc3o2)cc1)OCCOCc1ccccc1. The summed E-state index contributed by atoms with van der Waals surface area (Å²) in [4.78, 5) is 18.8. The van der Waals surface area contributed by atoms with Crippen molar-refractivity contribution in [3.63, 3.8) is 0 Å². The van der Waals surface area contributed by atoms with Gasteiger partial charge in [-0.25, -0.2) is 4.79 Å². The van der Waals surface area contributed by atoms with E-state index in [1.54, 1.807) is 13.0 Å². The molecule has 4 aromatic rings. The highest BCUT2D eigenvalue weighted by atomic mass is 16.6. The molecule has 0 atom stereocenters. The second-order valence-corrected chi connectivity index (χ2v) is 8.42. The second-order valence-electron chi connectivity index (χ2n) is 8.42. The van der Waals surface area contributed by atoms with Gasteiger partial charge < -0.3 is 28.3 Å². The minimum atomic E-state index is -0.516. The van der Waals surface area contributed by atoms with Crippen LogP contribution in [0.15, 0.2) is 89.0 Å². The molecule has 0 amide bonds. The molecule has 0 aliphatic heterocycles. The minimum Gasteiger partial charge on any atom is -0.492 e. The minimum absolute atomic E-state index is 0.129. The lowest BCUT2D eigenvalue weighted by Gasteiger charge is -2.15. The number of anilines is 1. The van der Waals surface area contributed by atoms with E-state index in [-0.39, 0.29) is 19.0 Å². The molecule has 0 spiro atoms. The number of nitrogens with zero attached hydrogens (tertiary/aromatic N) is 2. The van der Waals surface area contributed by atoms with Crippen LogP contribution in [0.3, 0.4) is 0 Å². The molecule has 0 fully saturated rings. The van der Waals surface area contributed by atoms with Gasteiger partial charge in [-0.15, -0.1) is 0 Å². The monoisotopic (exact) mass is 516 g/mol. The number of benzene rings is 3. The van der Waals surface area contributed by atoms with Crippen molar-refractivity contribution in [3.8, 4) is 5.75 Å². The largest absolute Gasteiger partial charge is 0.492 e. The molecule has 1 aromatic heterocycles. The number of fused-ring (bicyclic) bond motifs is 1. The summed E-state index contributed by atoms with van der Waals surface area (Å²) in [6, 6.07) is 25.5. The van der Waals surface area contributed by atoms with Crippen molar-refractivity contribution in [2.45, 2.75) is 13.5 Å². The Morgan fingerprint density at radius 3 is 2.45 bits per heavy atom. The third-order valence-corrected chi connectivity index (χ3v) is 5.56. The summed E-state index contributed by atoms with van der Waals surface area (Å²) < 4.78 is 28.1. The lowest BCUT2D eigenvalue weighted by Crippen LogP contribution is -2.23. The van der Waals surface area contributed by atoms with Gasteiger partial charge in [-0.2, -0.15) is 4.98 Å². The van der Waals surface area contributed by atoms with Crippen molar-refractivity contribution < 1.29 is 28.2 Å². The topological polar surface area (TPSA) is 83.3 Å². The van der Waals surface area contributed by atoms with Gasteiger partial charge >= 0.3 is 5.97 Å². The Hall–Kier alpha value is -4.30. The molecule has 0 radical (unpaired) electrons. The predicted octanol–water partition coefficient (Wildman–Crippen LogP) is 5.48. The number of carbonyl (C=O) groups excluding carboxylic acids is 1. The maximum atomic E-state index is 12.4. The fourth-order valence-electron chi connectivity index (χ4n) is 3.57. The number of likely N-dealkylation sites (N-methyl/N-ethyl adjacent to an activating group) is 1. The van der Waals surface area contributed by atoms with Crippen molar-refractivity contribution in [1.29, 1.82) is 0 Å². The van der Waals surface area contributed by atoms with E-state index in [1.165, 1.54) is 0 Å². The van der Waals surface area contributed by atoms with E-state index in [0.29, 0.717) is 38.1 Å². The number of hydrogen-bond donors (Lipinski definition) is 0. The average Bonchev–Trinajstić information content (AvgIpc) is 3.38. The number of para-hydroxylation sites is 2. The van der Waals surface area contributed by atoms with E-state index in [4.69, 9.17) is 23.4 Å². The molecule has 198 valence electrons. The lowest BCUT2D eigenvalue weighted by atomic mass is 10.2. The van der Waals surface area contributed by atoms with Crippen molar-refractivity contribution in [2.24, 2.45) is 0 Å². The first-order valence-electron chi connectivity index (χ1n) is 12.5. The van der Waals surface area contributed by atoms with E-state index in [0.717, 1.165) is 22.2 Å². The summed E-state index contributed by atoms with van der Waals surface area (Å²) in [5.74, 6) is 0.322. The first-order chi connectivity index (χ1) is 18.6. The summed E-state index contributed by atoms with van der Waals surface area (Å²) in [5, 5.41) is 0. The van der Waals surface area contributed by atoms with E-state index in [1.807, 2.05) is 90.8 Å². The van der Waals surface area contributed by atoms with Gasteiger partial charge in [0.1, 0.15) is 24.5 Å². The smallest absolute Gasteiger partial charge is 0.373 e. The zero-order valence-electron chi connectivity index (χ0n) is 21.7. The summed E-state index contributed by atoms with van der Waals surface area (Å²) in [6.45, 7) is 4.12. The highest BCUT2D eigenvalue weighted by Gasteiger charge is 2.13. The van der Waals surface area contributed by atoms with Gasteiger partial charge in [-0.1, -0.05) is 54.6 Å². The number of esters is 1. The fraction of sp³-hybridized carbons (Fsp3) is 0.267. The van der Waals surface area contributed by atoms with Crippen LogP contribution in [0, 0.1) is 0 Å². The lowest BCUT2D eigenvalue weighted by molar-refractivity contribution is -0.142. The Labute approximate surface area is 222 Å². The van der Waals surface area contributed by atoms with Gasteiger partial charge in [0.15, 0.2) is 5.58 Å². The highest BCUT2D eigenvalue weighted by molar-refractivity contribution is 5.91. The van der Waals surface area contributed by atoms with Gasteiger partial charge in [-0.3, -0.25) is 0 Å². The van der Waals surface area contributed by atoms with Crippen LogP contribution in [-0.2, 0) is 25.6 Å². The zero-order chi connectivity index (χ0) is 26.6. The molecular weight excluding hydrogens is 484 g/mol. The van der Waals surface area contributed by atoms with Crippen LogP contribution in [0.5, 0.6) is 5.75 Å². The molecule has 3 aromatic carbocycles. The normalized spacial score (nSPS) is 11.4. The molecule has 8 heteroatoms. The van der Waals surface area contributed by atoms with Gasteiger partial charge in [0.25, 0.3) is 6.01 Å². The maximum absolute atomic E-state index is 12.4. The van der Waals surface area contributed by atoms with Crippen molar-refractivity contribution in [3.05, 3.63) is 95.7 Å². The summed E-state index contributed by atoms with van der Waals surface area (Å²) in [7, 11) is 1.91. The molecule has 0 unspecified atom stereocenters. The number of oxazole rings is 1. The van der Waals surface area contributed by atoms with Crippen LogP contribution in [0.4, 0.5) is 6.01 Å². The summed E-state index contributed by atoms with van der Waals surface area (Å²) in [6.07, 6.45) is 1.65. The van der Waals surface area contributed by atoms with Crippen LogP contribution < -0.4 is 9.64 Å². The highest BCUT2D eigenvalue weighted by Crippen LogP contribution is 2.21. The summed E-state index contributed by atoms with van der Waals surface area (Å²) in [5.41, 5.74) is 3.44. The molecule has 8 nitrogen and oxygen atoms in total. The summed E-state index contributed by atoms with van der Waals surface area (Å²) >= 11 is 0. The standard InChI is InChI=1S/C30H32N2O6/c1-3-35-29(33)28(37-20-19-34-22-24-9-5-4-6-10-24)21-23-13-15-25(16-14-23)36-18-17-32(2)30-31-26-11-7-8-12-27(26)38-30/h4-16,21H,3,17-20,22H2,1-2H3/b28-21-. The molecule has 38 heavy (non-hydrogen) atoms. The van der Waals surface area contributed by atoms with E-state index < -0.39 is 5.97 Å². The molecule has 0 bridgehead atoms. The van der Waals surface area contributed by atoms with Crippen LogP contribution in [0.2, 0.25) is 0 Å². The maximum Gasteiger partial charge on any atom is 0.373 e. The third-order valence-electron chi connectivity index (χ3n) is 5.56.